The van der Waals surface area contributed by atoms with Crippen LogP contribution in [-0.4, -0.2) is 41.4 Å². The van der Waals surface area contributed by atoms with Gasteiger partial charge in [0.05, 0.1) is 12.1 Å². The van der Waals surface area contributed by atoms with Crippen LogP contribution in [0.25, 0.3) is 0 Å². The quantitative estimate of drug-likeness (QED) is 0.683. The fourth-order valence-corrected chi connectivity index (χ4v) is 3.85. The van der Waals surface area contributed by atoms with Crippen LogP contribution in [0.3, 0.4) is 0 Å². The zero-order valence-electron chi connectivity index (χ0n) is 10.8. The minimum Gasteiger partial charge on any atom is -0.336 e. The summed E-state index contributed by atoms with van der Waals surface area (Å²) in [7, 11) is 0. The van der Waals surface area contributed by atoms with Gasteiger partial charge in [-0.1, -0.05) is 15.9 Å². The number of likely N-dealkylation sites (tertiary alicyclic amines) is 1. The van der Waals surface area contributed by atoms with E-state index in [1.54, 1.807) is 23.1 Å². The number of benzene rings is 1. The number of hydrogen-bond donors (Lipinski definition) is 2. The summed E-state index contributed by atoms with van der Waals surface area (Å²) in [6.07, 6.45) is 0.421. The summed E-state index contributed by atoms with van der Waals surface area (Å²) in [5.41, 5.74) is -0.450. The molecule has 6 nitrogen and oxygen atoms in total. The lowest BCUT2D eigenvalue weighted by Crippen LogP contribution is -2.49. The first-order valence-corrected chi connectivity index (χ1v) is 7.88. The molecule has 2 N–H and O–H groups in total. The predicted octanol–water partition coefficient (Wildman–Crippen LogP) is 1.64. The van der Waals surface area contributed by atoms with Gasteiger partial charge in [-0.3, -0.25) is 14.9 Å². The number of nitrogens with zero attached hydrogens (tertiary/aromatic N) is 1. The first-order chi connectivity index (χ1) is 9.91. The molecule has 21 heavy (non-hydrogen) atoms. The average Bonchev–Trinajstić information content (AvgIpc) is 2.94. The molecule has 1 spiro atoms. The van der Waals surface area contributed by atoms with Crippen molar-refractivity contribution in [3.8, 4) is 0 Å². The summed E-state index contributed by atoms with van der Waals surface area (Å²) in [6, 6.07) is 4.80. The van der Waals surface area contributed by atoms with E-state index in [1.807, 2.05) is 0 Å². The highest BCUT2D eigenvalue weighted by Gasteiger charge is 2.51. The van der Waals surface area contributed by atoms with Gasteiger partial charge in [0.2, 0.25) is 0 Å². The standard InChI is InChI=1S/C13H11Br2N3O3/c14-7-1-2-8(9(15)5-7)10(19)18-4-3-13(6-18)11(20)16-12(21)17-13/h1-2,5H,3-4,6H2,(H2,16,17,20,21). The van der Waals surface area contributed by atoms with Crippen LogP contribution in [0.5, 0.6) is 0 Å². The van der Waals surface area contributed by atoms with Crippen LogP contribution in [0.1, 0.15) is 16.8 Å². The largest absolute Gasteiger partial charge is 0.336 e. The Kier molecular flexibility index (Phi) is 3.53. The summed E-state index contributed by atoms with van der Waals surface area (Å²) >= 11 is 6.70. The fraction of sp³-hybridized carbons (Fsp3) is 0.308. The molecule has 110 valence electrons. The molecule has 0 aliphatic carbocycles. The number of carbonyl (C=O) groups is 3. The summed E-state index contributed by atoms with van der Waals surface area (Å²) in [5.74, 6) is -0.530. The molecule has 3 rings (SSSR count). The number of carbonyl (C=O) groups excluding carboxylic acids is 3. The van der Waals surface area contributed by atoms with Crippen molar-refractivity contribution < 1.29 is 14.4 Å². The molecule has 2 saturated heterocycles. The van der Waals surface area contributed by atoms with Gasteiger partial charge in [-0.25, -0.2) is 4.79 Å². The lowest BCUT2D eigenvalue weighted by atomic mass is 9.99. The van der Waals surface area contributed by atoms with Gasteiger partial charge >= 0.3 is 6.03 Å². The molecule has 1 unspecified atom stereocenters. The van der Waals surface area contributed by atoms with Gasteiger partial charge in [0.25, 0.3) is 11.8 Å². The minimum absolute atomic E-state index is 0.166. The van der Waals surface area contributed by atoms with Gasteiger partial charge in [0.1, 0.15) is 5.54 Å². The third kappa shape index (κ3) is 2.46. The van der Waals surface area contributed by atoms with Crippen molar-refractivity contribution in [2.24, 2.45) is 0 Å². The maximum absolute atomic E-state index is 12.5. The van der Waals surface area contributed by atoms with Crippen LogP contribution in [0, 0.1) is 0 Å². The lowest BCUT2D eigenvalue weighted by Gasteiger charge is -2.21. The Balaban J connectivity index is 1.82. The van der Waals surface area contributed by atoms with Gasteiger partial charge < -0.3 is 10.2 Å². The molecule has 0 aromatic heterocycles. The molecule has 0 bridgehead atoms. The molecule has 0 saturated carbocycles. The van der Waals surface area contributed by atoms with E-state index in [1.165, 1.54) is 0 Å². The van der Waals surface area contributed by atoms with Crippen molar-refractivity contribution in [2.45, 2.75) is 12.0 Å². The highest BCUT2D eigenvalue weighted by Crippen LogP contribution is 2.28. The first-order valence-electron chi connectivity index (χ1n) is 6.29. The maximum Gasteiger partial charge on any atom is 0.322 e. The van der Waals surface area contributed by atoms with Crippen LogP contribution in [0.2, 0.25) is 0 Å². The fourth-order valence-electron chi connectivity index (χ4n) is 2.63. The molecule has 2 aliphatic rings. The van der Waals surface area contributed by atoms with E-state index < -0.39 is 11.6 Å². The molecule has 0 radical (unpaired) electrons. The molecule has 2 heterocycles. The van der Waals surface area contributed by atoms with E-state index in [0.717, 1.165) is 4.47 Å². The minimum atomic E-state index is -0.978. The molecule has 2 fully saturated rings. The van der Waals surface area contributed by atoms with Crippen LogP contribution in [0.4, 0.5) is 4.79 Å². The molecule has 2 aliphatic heterocycles. The Hall–Kier alpha value is -1.41. The van der Waals surface area contributed by atoms with E-state index >= 15 is 0 Å². The van der Waals surface area contributed by atoms with E-state index in [9.17, 15) is 14.4 Å². The number of imide groups is 1. The summed E-state index contributed by atoms with van der Waals surface area (Å²) in [4.78, 5) is 37.3. The number of halogens is 2. The Morgan fingerprint density at radius 1 is 1.29 bits per heavy atom. The number of nitrogens with one attached hydrogen (secondary N) is 2. The zero-order valence-corrected chi connectivity index (χ0v) is 14.0. The van der Waals surface area contributed by atoms with Crippen LogP contribution < -0.4 is 10.6 Å². The first kappa shape index (κ1) is 14.5. The summed E-state index contributed by atoms with van der Waals surface area (Å²) in [6.45, 7) is 0.612. The number of hydrogen-bond acceptors (Lipinski definition) is 3. The maximum atomic E-state index is 12.5. The molecule has 1 aromatic carbocycles. The van der Waals surface area contributed by atoms with Crippen molar-refractivity contribution in [3.63, 3.8) is 0 Å². The van der Waals surface area contributed by atoms with E-state index in [0.29, 0.717) is 23.0 Å². The van der Waals surface area contributed by atoms with Gasteiger partial charge in [-0.05, 0) is 40.5 Å². The number of rotatable bonds is 1. The van der Waals surface area contributed by atoms with Crippen molar-refractivity contribution in [2.75, 3.05) is 13.1 Å². The molecule has 8 heteroatoms. The van der Waals surface area contributed by atoms with E-state index in [4.69, 9.17) is 0 Å². The zero-order chi connectivity index (χ0) is 15.2. The second-order valence-electron chi connectivity index (χ2n) is 5.09. The lowest BCUT2D eigenvalue weighted by molar-refractivity contribution is -0.123. The monoisotopic (exact) mass is 415 g/mol. The van der Waals surface area contributed by atoms with E-state index in [2.05, 4.69) is 42.5 Å². The van der Waals surface area contributed by atoms with Crippen molar-refractivity contribution in [1.29, 1.82) is 0 Å². The third-order valence-electron chi connectivity index (χ3n) is 3.73. The third-order valence-corrected chi connectivity index (χ3v) is 4.88. The van der Waals surface area contributed by atoms with Crippen LogP contribution in [-0.2, 0) is 4.79 Å². The molecule has 1 aromatic rings. The topological polar surface area (TPSA) is 78.5 Å². The second-order valence-corrected chi connectivity index (χ2v) is 6.86. The van der Waals surface area contributed by atoms with Crippen molar-refractivity contribution in [1.82, 2.24) is 15.5 Å². The average molecular weight is 417 g/mol. The van der Waals surface area contributed by atoms with Crippen LogP contribution >= 0.6 is 31.9 Å². The second kappa shape index (κ2) is 5.10. The Labute approximate surface area is 137 Å². The SMILES string of the molecule is O=C1NC(=O)C2(CCN(C(=O)c3ccc(Br)cc3Br)C2)N1. The molecular weight excluding hydrogens is 406 g/mol. The smallest absolute Gasteiger partial charge is 0.322 e. The van der Waals surface area contributed by atoms with Crippen LogP contribution in [0.15, 0.2) is 27.1 Å². The van der Waals surface area contributed by atoms with E-state index in [-0.39, 0.29) is 18.4 Å². The summed E-state index contributed by atoms with van der Waals surface area (Å²) in [5, 5.41) is 4.85. The Morgan fingerprint density at radius 3 is 2.67 bits per heavy atom. The highest BCUT2D eigenvalue weighted by molar-refractivity contribution is 9.11. The van der Waals surface area contributed by atoms with Gasteiger partial charge in [-0.2, -0.15) is 0 Å². The summed E-state index contributed by atoms with van der Waals surface area (Å²) < 4.78 is 1.55. The molecule has 1 atom stereocenters. The predicted molar refractivity (Wildman–Crippen MR) is 81.8 cm³/mol. The van der Waals surface area contributed by atoms with Crippen molar-refractivity contribution in [3.05, 3.63) is 32.7 Å². The number of urea groups is 1. The Morgan fingerprint density at radius 2 is 2.05 bits per heavy atom. The molecule has 4 amide bonds. The van der Waals surface area contributed by atoms with Gasteiger partial charge in [0.15, 0.2) is 0 Å². The highest BCUT2D eigenvalue weighted by atomic mass is 79.9. The van der Waals surface area contributed by atoms with Gasteiger partial charge in [-0.15, -0.1) is 0 Å². The van der Waals surface area contributed by atoms with Crippen molar-refractivity contribution >= 4 is 49.7 Å². The molecular formula is C13H11Br2N3O3. The van der Waals surface area contributed by atoms with Gasteiger partial charge in [0, 0.05) is 15.5 Å². The Bertz CT molecular complexity index is 664. The number of amides is 4. The normalized spacial score (nSPS) is 24.4.